The van der Waals surface area contributed by atoms with Crippen molar-refractivity contribution in [1.82, 2.24) is 9.88 Å². The maximum Gasteiger partial charge on any atom is 0.416 e. The van der Waals surface area contributed by atoms with Crippen molar-refractivity contribution < 1.29 is 13.2 Å². The van der Waals surface area contributed by atoms with E-state index in [4.69, 9.17) is 5.26 Å². The monoisotopic (exact) mass is 436 g/mol. The molecule has 0 aliphatic carbocycles. The molecular weight excluding hydrogens is 413 g/mol. The molecule has 1 unspecified atom stereocenters. The number of anilines is 1. The van der Waals surface area contributed by atoms with Crippen LogP contribution in [0.1, 0.15) is 28.7 Å². The first kappa shape index (κ1) is 21.8. The Kier molecular flexibility index (Phi) is 6.42. The van der Waals surface area contributed by atoms with E-state index >= 15 is 0 Å². The van der Waals surface area contributed by atoms with Gasteiger partial charge in [0.15, 0.2) is 0 Å². The van der Waals surface area contributed by atoms with Crippen LogP contribution in [0.15, 0.2) is 73.1 Å². The van der Waals surface area contributed by atoms with Gasteiger partial charge in [-0.1, -0.05) is 18.2 Å². The molecule has 0 spiro atoms. The molecule has 3 aromatic rings. The van der Waals surface area contributed by atoms with Gasteiger partial charge in [-0.05, 0) is 60.0 Å². The molecule has 1 aromatic heterocycles. The summed E-state index contributed by atoms with van der Waals surface area (Å²) in [5.74, 6) is 0. The molecule has 7 heteroatoms. The Labute approximate surface area is 185 Å². The van der Waals surface area contributed by atoms with Crippen molar-refractivity contribution in [3.8, 4) is 6.07 Å². The number of halogens is 3. The molecule has 1 aliphatic rings. The number of likely N-dealkylation sites (tertiary alicyclic amines) is 1. The molecule has 1 atom stereocenters. The summed E-state index contributed by atoms with van der Waals surface area (Å²) in [6.07, 6.45) is -0.0325. The van der Waals surface area contributed by atoms with Crippen LogP contribution in [0.4, 0.5) is 18.9 Å². The van der Waals surface area contributed by atoms with Gasteiger partial charge in [0.1, 0.15) is 0 Å². The van der Waals surface area contributed by atoms with E-state index in [0.29, 0.717) is 5.56 Å². The molecule has 4 nitrogen and oxygen atoms in total. The van der Waals surface area contributed by atoms with Crippen LogP contribution >= 0.6 is 0 Å². The summed E-state index contributed by atoms with van der Waals surface area (Å²) in [6, 6.07) is 18.9. The minimum absolute atomic E-state index is 0.0612. The third kappa shape index (κ3) is 5.09. The van der Waals surface area contributed by atoms with Crippen LogP contribution in [0.25, 0.3) is 0 Å². The largest absolute Gasteiger partial charge is 0.416 e. The fourth-order valence-corrected chi connectivity index (χ4v) is 4.23. The van der Waals surface area contributed by atoms with E-state index in [9.17, 15) is 13.2 Å². The Morgan fingerprint density at radius 1 is 1.03 bits per heavy atom. The summed E-state index contributed by atoms with van der Waals surface area (Å²) < 4.78 is 40.8. The highest BCUT2D eigenvalue weighted by Gasteiger charge is 2.35. The number of nitrogens with zero attached hydrogens (tertiary/aromatic N) is 4. The molecule has 164 valence electrons. The second kappa shape index (κ2) is 9.41. The molecule has 1 fully saturated rings. The fourth-order valence-electron chi connectivity index (χ4n) is 4.23. The van der Waals surface area contributed by atoms with Crippen LogP contribution in [-0.2, 0) is 19.3 Å². The second-order valence-electron chi connectivity index (χ2n) is 7.97. The summed E-state index contributed by atoms with van der Waals surface area (Å²) in [7, 11) is 0. The van der Waals surface area contributed by atoms with E-state index in [-0.39, 0.29) is 18.2 Å². The smallest absolute Gasteiger partial charge is 0.363 e. The third-order valence-corrected chi connectivity index (χ3v) is 5.84. The normalized spacial score (nSPS) is 16.6. The van der Waals surface area contributed by atoms with Gasteiger partial charge in [-0.15, -0.1) is 0 Å². The van der Waals surface area contributed by atoms with Crippen molar-refractivity contribution in [2.24, 2.45) is 0 Å². The predicted octanol–water partition coefficient (Wildman–Crippen LogP) is 5.25. The lowest BCUT2D eigenvalue weighted by molar-refractivity contribution is -0.138. The van der Waals surface area contributed by atoms with Crippen LogP contribution in [0, 0.1) is 11.3 Å². The van der Waals surface area contributed by atoms with Gasteiger partial charge in [0.05, 0.1) is 17.2 Å². The maximum absolute atomic E-state index is 13.6. The number of benzene rings is 2. The Hall–Kier alpha value is -3.37. The van der Waals surface area contributed by atoms with E-state index in [1.165, 1.54) is 6.07 Å². The quantitative estimate of drug-likeness (QED) is 0.529. The van der Waals surface area contributed by atoms with Crippen LogP contribution in [0.5, 0.6) is 0 Å². The lowest BCUT2D eigenvalue weighted by Crippen LogP contribution is -2.37. The van der Waals surface area contributed by atoms with Crippen molar-refractivity contribution in [2.75, 3.05) is 18.0 Å². The van der Waals surface area contributed by atoms with E-state index in [2.05, 4.69) is 16.0 Å². The lowest BCUT2D eigenvalue weighted by Gasteiger charge is -2.32. The van der Waals surface area contributed by atoms with Gasteiger partial charge >= 0.3 is 6.18 Å². The third-order valence-electron chi connectivity index (χ3n) is 5.84. The SMILES string of the molecule is N#Cc1ccc(N(Cc2ccccc2C(F)(F)F)C2CCN(Cc3ccncc3)C2)cc1. The minimum atomic E-state index is -4.41. The first-order chi connectivity index (χ1) is 15.4. The highest BCUT2D eigenvalue weighted by Crippen LogP contribution is 2.34. The zero-order valence-corrected chi connectivity index (χ0v) is 17.5. The standard InChI is InChI=1S/C25H23F3N4/c26-25(27,28)24-4-2-1-3-21(24)17-32(22-7-5-19(15-29)6-8-22)23-11-14-31(18-23)16-20-9-12-30-13-10-20/h1-10,12-13,23H,11,14,16-18H2. The number of rotatable bonds is 6. The number of hydrogen-bond donors (Lipinski definition) is 0. The summed E-state index contributed by atoms with van der Waals surface area (Å²) in [5.41, 5.74) is 2.14. The van der Waals surface area contributed by atoms with Crippen molar-refractivity contribution in [3.05, 3.63) is 95.3 Å². The molecule has 32 heavy (non-hydrogen) atoms. The molecule has 2 heterocycles. The molecule has 2 aromatic carbocycles. The van der Waals surface area contributed by atoms with E-state index in [0.717, 1.165) is 43.4 Å². The molecule has 0 saturated carbocycles. The summed E-state index contributed by atoms with van der Waals surface area (Å²) >= 11 is 0. The van der Waals surface area contributed by atoms with Gasteiger partial charge in [-0.3, -0.25) is 9.88 Å². The van der Waals surface area contributed by atoms with Crippen molar-refractivity contribution in [3.63, 3.8) is 0 Å². The molecular formula is C25H23F3N4. The van der Waals surface area contributed by atoms with Gasteiger partial charge < -0.3 is 4.90 Å². The molecule has 0 bridgehead atoms. The number of alkyl halides is 3. The van der Waals surface area contributed by atoms with Gasteiger partial charge in [-0.25, -0.2) is 0 Å². The minimum Gasteiger partial charge on any atom is -0.363 e. The first-order valence-corrected chi connectivity index (χ1v) is 10.5. The van der Waals surface area contributed by atoms with Crippen molar-refractivity contribution >= 4 is 5.69 Å². The molecule has 1 aliphatic heterocycles. The number of nitriles is 1. The topological polar surface area (TPSA) is 43.2 Å². The van der Waals surface area contributed by atoms with E-state index in [1.807, 2.05) is 29.2 Å². The zero-order valence-electron chi connectivity index (χ0n) is 17.5. The summed E-state index contributed by atoms with van der Waals surface area (Å²) in [5, 5.41) is 9.11. The Balaban J connectivity index is 1.60. The van der Waals surface area contributed by atoms with E-state index in [1.54, 1.807) is 36.7 Å². The van der Waals surface area contributed by atoms with Crippen LogP contribution in [-0.4, -0.2) is 29.0 Å². The van der Waals surface area contributed by atoms with Crippen LogP contribution in [0.3, 0.4) is 0 Å². The van der Waals surface area contributed by atoms with Gasteiger partial charge in [0.2, 0.25) is 0 Å². The van der Waals surface area contributed by atoms with Crippen LogP contribution < -0.4 is 4.90 Å². The van der Waals surface area contributed by atoms with Crippen molar-refractivity contribution in [2.45, 2.75) is 31.7 Å². The van der Waals surface area contributed by atoms with E-state index < -0.39 is 11.7 Å². The molecule has 0 N–H and O–H groups in total. The number of hydrogen-bond acceptors (Lipinski definition) is 4. The Bertz CT molecular complexity index is 1070. The Morgan fingerprint density at radius 2 is 1.75 bits per heavy atom. The number of pyridine rings is 1. The fraction of sp³-hybridized carbons (Fsp3) is 0.280. The summed E-state index contributed by atoms with van der Waals surface area (Å²) in [6.45, 7) is 2.53. The zero-order chi connectivity index (χ0) is 22.6. The van der Waals surface area contributed by atoms with Crippen molar-refractivity contribution in [1.29, 1.82) is 5.26 Å². The maximum atomic E-state index is 13.6. The lowest BCUT2D eigenvalue weighted by atomic mass is 10.0. The average Bonchev–Trinajstić information content (AvgIpc) is 3.26. The highest BCUT2D eigenvalue weighted by molar-refractivity contribution is 5.52. The Morgan fingerprint density at radius 3 is 2.44 bits per heavy atom. The highest BCUT2D eigenvalue weighted by atomic mass is 19.4. The average molecular weight is 436 g/mol. The molecule has 0 radical (unpaired) electrons. The summed E-state index contributed by atoms with van der Waals surface area (Å²) in [4.78, 5) is 8.40. The van der Waals surface area contributed by atoms with Gasteiger partial charge in [-0.2, -0.15) is 18.4 Å². The number of aromatic nitrogens is 1. The molecule has 4 rings (SSSR count). The molecule has 0 amide bonds. The van der Waals surface area contributed by atoms with Gasteiger partial charge in [0, 0.05) is 50.3 Å². The second-order valence-corrected chi connectivity index (χ2v) is 7.97. The van der Waals surface area contributed by atoms with Crippen LogP contribution in [0.2, 0.25) is 0 Å². The molecule has 1 saturated heterocycles. The first-order valence-electron chi connectivity index (χ1n) is 10.5. The predicted molar refractivity (Wildman–Crippen MR) is 117 cm³/mol. The van der Waals surface area contributed by atoms with Gasteiger partial charge in [0.25, 0.3) is 0 Å².